The number of halogens is 1. The van der Waals surface area contributed by atoms with E-state index in [1.54, 1.807) is 0 Å². The molecule has 3 atom stereocenters. The van der Waals surface area contributed by atoms with Crippen LogP contribution in [0.1, 0.15) is 38.5 Å². The summed E-state index contributed by atoms with van der Waals surface area (Å²) >= 11 is 5.98. The number of hydrogen-bond acceptors (Lipinski definition) is 4. The van der Waals surface area contributed by atoms with Gasteiger partial charge < -0.3 is 15.0 Å². The van der Waals surface area contributed by atoms with Crippen molar-refractivity contribution in [3.05, 3.63) is 29.3 Å². The molecule has 2 N–H and O–H groups in total. The van der Waals surface area contributed by atoms with Gasteiger partial charge in [-0.1, -0.05) is 17.7 Å². The molecule has 2 heterocycles. The van der Waals surface area contributed by atoms with Crippen LogP contribution in [0.3, 0.4) is 0 Å². The van der Waals surface area contributed by atoms with E-state index in [1.165, 1.54) is 0 Å². The molecule has 28 heavy (non-hydrogen) atoms. The highest BCUT2D eigenvalue weighted by molar-refractivity contribution is 6.30. The van der Waals surface area contributed by atoms with Crippen molar-refractivity contribution < 1.29 is 14.3 Å². The fourth-order valence-corrected chi connectivity index (χ4v) is 4.25. The van der Waals surface area contributed by atoms with E-state index in [4.69, 9.17) is 16.3 Å². The number of amides is 2. The first-order valence-corrected chi connectivity index (χ1v) is 10.7. The van der Waals surface area contributed by atoms with Gasteiger partial charge in [-0.2, -0.15) is 0 Å². The molecule has 3 unspecified atom stereocenters. The number of hydrogen-bond donors (Lipinski definition) is 2. The van der Waals surface area contributed by atoms with E-state index in [0.29, 0.717) is 43.0 Å². The third kappa shape index (κ3) is 4.97. The summed E-state index contributed by atoms with van der Waals surface area (Å²) in [5, 5.41) is 7.24. The number of piperidine rings is 2. The highest BCUT2D eigenvalue weighted by atomic mass is 35.5. The molecule has 0 aromatic heterocycles. The van der Waals surface area contributed by atoms with Crippen molar-refractivity contribution in [2.24, 2.45) is 11.8 Å². The monoisotopic (exact) mass is 405 g/mol. The fraction of sp³-hybridized carbons (Fsp3) is 0.619. The van der Waals surface area contributed by atoms with Crippen molar-refractivity contribution in [1.29, 1.82) is 0 Å². The van der Waals surface area contributed by atoms with Gasteiger partial charge in [-0.25, -0.2) is 0 Å². The van der Waals surface area contributed by atoms with Crippen LogP contribution in [0.15, 0.2) is 24.3 Å². The Labute approximate surface area is 170 Å². The summed E-state index contributed by atoms with van der Waals surface area (Å²) in [6.45, 7) is 2.02. The lowest BCUT2D eigenvalue weighted by molar-refractivity contribution is -0.139. The highest BCUT2D eigenvalue weighted by Crippen LogP contribution is 2.31. The summed E-state index contributed by atoms with van der Waals surface area (Å²) in [4.78, 5) is 26.6. The zero-order valence-electron chi connectivity index (χ0n) is 16.0. The van der Waals surface area contributed by atoms with Crippen LogP contribution < -0.4 is 15.4 Å². The number of nitrogens with zero attached hydrogens (tertiary/aromatic N) is 1. The van der Waals surface area contributed by atoms with Gasteiger partial charge in [0.15, 0.2) is 0 Å². The molecule has 3 fully saturated rings. The fourth-order valence-electron chi connectivity index (χ4n) is 4.07. The Balaban J connectivity index is 1.19. The predicted octanol–water partition coefficient (Wildman–Crippen LogP) is 2.56. The SMILES string of the molecule is O=C(NC1CCC(COc2cccc(Cl)c2)CN1)C1CCC(=O)N(C2CC2)C1. The summed E-state index contributed by atoms with van der Waals surface area (Å²) < 4.78 is 5.84. The second-order valence-electron chi connectivity index (χ2n) is 8.19. The normalized spacial score (nSPS) is 28.1. The van der Waals surface area contributed by atoms with E-state index in [2.05, 4.69) is 10.6 Å². The first-order chi connectivity index (χ1) is 13.6. The standard InChI is InChI=1S/C21H28ClN3O3/c22-16-2-1-3-18(10-16)28-13-14-4-8-19(23-11-14)24-21(27)15-5-9-20(26)25(12-15)17-6-7-17/h1-3,10,14-15,17,19,23H,4-9,11-13H2,(H,24,27). The molecular formula is C21H28ClN3O3. The zero-order chi connectivity index (χ0) is 19.5. The average molecular weight is 406 g/mol. The second-order valence-corrected chi connectivity index (χ2v) is 8.63. The Kier molecular flexibility index (Phi) is 6.07. The Bertz CT molecular complexity index is 717. The van der Waals surface area contributed by atoms with Crippen molar-refractivity contribution >= 4 is 23.4 Å². The lowest BCUT2D eigenvalue weighted by Crippen LogP contribution is -2.54. The first kappa shape index (κ1) is 19.5. The van der Waals surface area contributed by atoms with E-state index in [-0.39, 0.29) is 23.9 Å². The molecule has 1 aromatic carbocycles. The molecule has 1 aromatic rings. The van der Waals surface area contributed by atoms with Crippen LogP contribution in [0, 0.1) is 11.8 Å². The third-order valence-corrected chi connectivity index (χ3v) is 6.15. The van der Waals surface area contributed by atoms with Crippen molar-refractivity contribution in [1.82, 2.24) is 15.5 Å². The van der Waals surface area contributed by atoms with E-state index in [9.17, 15) is 9.59 Å². The first-order valence-electron chi connectivity index (χ1n) is 10.3. The smallest absolute Gasteiger partial charge is 0.226 e. The van der Waals surface area contributed by atoms with Gasteiger partial charge in [-0.15, -0.1) is 0 Å². The van der Waals surface area contributed by atoms with Gasteiger partial charge in [-0.3, -0.25) is 14.9 Å². The molecule has 152 valence electrons. The quantitative estimate of drug-likeness (QED) is 0.763. The molecule has 1 saturated carbocycles. The van der Waals surface area contributed by atoms with Gasteiger partial charge in [-0.05, 0) is 50.3 Å². The minimum atomic E-state index is -0.0796. The van der Waals surface area contributed by atoms with Crippen molar-refractivity contribution in [2.75, 3.05) is 19.7 Å². The highest BCUT2D eigenvalue weighted by Gasteiger charge is 2.39. The summed E-state index contributed by atoms with van der Waals surface area (Å²) in [6, 6.07) is 7.82. The average Bonchev–Trinajstić information content (AvgIpc) is 3.53. The largest absolute Gasteiger partial charge is 0.493 e. The molecule has 1 aliphatic carbocycles. The molecule has 0 spiro atoms. The van der Waals surface area contributed by atoms with E-state index in [1.807, 2.05) is 29.2 Å². The van der Waals surface area contributed by atoms with Crippen molar-refractivity contribution in [2.45, 2.75) is 50.7 Å². The Morgan fingerprint density at radius 1 is 1.25 bits per heavy atom. The minimum absolute atomic E-state index is 0.00178. The maximum Gasteiger partial charge on any atom is 0.226 e. The minimum Gasteiger partial charge on any atom is -0.493 e. The Morgan fingerprint density at radius 2 is 2.11 bits per heavy atom. The maximum atomic E-state index is 12.7. The Morgan fingerprint density at radius 3 is 2.82 bits per heavy atom. The molecule has 0 bridgehead atoms. The van der Waals surface area contributed by atoms with Crippen LogP contribution in [-0.4, -0.2) is 48.6 Å². The van der Waals surface area contributed by atoms with Crippen LogP contribution in [0.2, 0.25) is 5.02 Å². The molecule has 0 radical (unpaired) electrons. The summed E-state index contributed by atoms with van der Waals surface area (Å²) in [6.07, 6.45) is 5.21. The molecule has 6 nitrogen and oxygen atoms in total. The van der Waals surface area contributed by atoms with Gasteiger partial charge in [0.2, 0.25) is 11.8 Å². The lowest BCUT2D eigenvalue weighted by atomic mass is 9.95. The number of ether oxygens (including phenoxy) is 1. The number of nitrogens with one attached hydrogen (secondary N) is 2. The lowest BCUT2D eigenvalue weighted by Gasteiger charge is -2.34. The van der Waals surface area contributed by atoms with Gasteiger partial charge in [0, 0.05) is 36.5 Å². The van der Waals surface area contributed by atoms with Crippen LogP contribution in [0.4, 0.5) is 0 Å². The van der Waals surface area contributed by atoms with E-state index < -0.39 is 0 Å². The Hall–Kier alpha value is -1.79. The summed E-state index contributed by atoms with van der Waals surface area (Å²) in [5.41, 5.74) is 0. The number of carbonyl (C=O) groups is 2. The topological polar surface area (TPSA) is 70.7 Å². The second kappa shape index (κ2) is 8.70. The molecule has 2 amide bonds. The molecule has 3 aliphatic rings. The van der Waals surface area contributed by atoms with Crippen LogP contribution in [-0.2, 0) is 9.59 Å². The maximum absolute atomic E-state index is 12.7. The zero-order valence-corrected chi connectivity index (χ0v) is 16.8. The summed E-state index contributed by atoms with van der Waals surface area (Å²) in [5.74, 6) is 1.40. The predicted molar refractivity (Wildman–Crippen MR) is 107 cm³/mol. The van der Waals surface area contributed by atoms with Crippen molar-refractivity contribution in [3.63, 3.8) is 0 Å². The number of carbonyl (C=O) groups excluding carboxylic acids is 2. The molecule has 2 aliphatic heterocycles. The number of benzene rings is 1. The van der Waals surface area contributed by atoms with E-state index >= 15 is 0 Å². The van der Waals surface area contributed by atoms with Gasteiger partial charge in [0.1, 0.15) is 5.75 Å². The third-order valence-electron chi connectivity index (χ3n) is 5.92. The van der Waals surface area contributed by atoms with Gasteiger partial charge >= 0.3 is 0 Å². The van der Waals surface area contributed by atoms with Gasteiger partial charge in [0.25, 0.3) is 0 Å². The van der Waals surface area contributed by atoms with Crippen molar-refractivity contribution in [3.8, 4) is 5.75 Å². The van der Waals surface area contributed by atoms with E-state index in [0.717, 1.165) is 38.0 Å². The van der Waals surface area contributed by atoms with Crippen LogP contribution in [0.5, 0.6) is 5.75 Å². The van der Waals surface area contributed by atoms with Gasteiger partial charge in [0.05, 0.1) is 18.7 Å². The molecular weight excluding hydrogens is 378 g/mol. The summed E-state index contributed by atoms with van der Waals surface area (Å²) in [7, 11) is 0. The van der Waals surface area contributed by atoms with Crippen LogP contribution >= 0.6 is 11.6 Å². The number of likely N-dealkylation sites (tertiary alicyclic amines) is 1. The molecule has 4 rings (SSSR count). The van der Waals surface area contributed by atoms with Crippen LogP contribution in [0.25, 0.3) is 0 Å². The molecule has 7 heteroatoms. The molecule has 2 saturated heterocycles. The number of rotatable bonds is 6.